The Hall–Kier alpha value is -0.520. The third kappa shape index (κ3) is 1.89. The average Bonchev–Trinajstić information content (AvgIpc) is 2.90. The lowest BCUT2D eigenvalue weighted by Crippen LogP contribution is -2.39. The number of fused-ring (bicyclic) bond motifs is 2. The molecule has 2 unspecified atom stereocenters. The highest BCUT2D eigenvalue weighted by molar-refractivity contribution is 8.00. The number of rotatable bonds is 2. The maximum Gasteiger partial charge on any atom is 0.243 e. The van der Waals surface area contributed by atoms with Crippen molar-refractivity contribution in [2.45, 2.75) is 36.5 Å². The van der Waals surface area contributed by atoms with E-state index in [9.17, 15) is 8.42 Å². The van der Waals surface area contributed by atoms with Crippen LogP contribution in [-0.4, -0.2) is 36.3 Å². The smallest absolute Gasteiger partial charge is 0.207 e. The summed E-state index contributed by atoms with van der Waals surface area (Å²) in [7, 11) is -3.30. The lowest BCUT2D eigenvalue weighted by Gasteiger charge is -2.26. The van der Waals surface area contributed by atoms with Gasteiger partial charge in [0.25, 0.3) is 0 Å². The third-order valence-electron chi connectivity index (χ3n) is 3.77. The molecule has 3 rings (SSSR count). The average molecular weight is 283 g/mol. The first-order valence-electron chi connectivity index (χ1n) is 6.19. The Morgan fingerprint density at radius 2 is 2.11 bits per heavy atom. The van der Waals surface area contributed by atoms with Crippen molar-refractivity contribution in [1.29, 1.82) is 0 Å². The molecule has 0 aromatic heterocycles. The van der Waals surface area contributed by atoms with Crippen LogP contribution < -0.4 is 0 Å². The molecule has 2 bridgehead atoms. The Morgan fingerprint density at radius 3 is 2.67 bits per heavy atom. The van der Waals surface area contributed by atoms with Gasteiger partial charge in [0, 0.05) is 23.6 Å². The molecule has 1 aromatic carbocycles. The standard InChI is InChI=1S/C13H17NO2S2/c1-9-3-4-13(10(2)5-9)18(15,16)14-7-12-6-11(14)8-17-12/h3-5,11-12H,6-8H2,1-2H3. The molecule has 98 valence electrons. The lowest BCUT2D eigenvalue weighted by atomic mass is 10.2. The van der Waals surface area contributed by atoms with Gasteiger partial charge >= 0.3 is 0 Å². The molecule has 0 spiro atoms. The molecule has 2 atom stereocenters. The minimum absolute atomic E-state index is 0.214. The number of benzene rings is 1. The van der Waals surface area contributed by atoms with Crippen molar-refractivity contribution in [1.82, 2.24) is 4.31 Å². The molecule has 0 aliphatic carbocycles. The summed E-state index contributed by atoms with van der Waals surface area (Å²) < 4.78 is 27.1. The molecule has 2 aliphatic rings. The van der Waals surface area contributed by atoms with Crippen molar-refractivity contribution in [2.75, 3.05) is 12.3 Å². The Labute approximate surface area is 113 Å². The summed E-state index contributed by atoms with van der Waals surface area (Å²) in [6.07, 6.45) is 1.02. The Bertz CT molecular complexity index is 583. The molecule has 2 aliphatic heterocycles. The summed E-state index contributed by atoms with van der Waals surface area (Å²) in [4.78, 5) is 0.477. The van der Waals surface area contributed by atoms with Gasteiger partial charge in [-0.2, -0.15) is 16.1 Å². The number of nitrogens with zero attached hydrogens (tertiary/aromatic N) is 1. The van der Waals surface area contributed by atoms with E-state index in [4.69, 9.17) is 0 Å². The van der Waals surface area contributed by atoms with Crippen LogP contribution in [0, 0.1) is 13.8 Å². The summed E-state index contributed by atoms with van der Waals surface area (Å²) in [6.45, 7) is 4.55. The second-order valence-electron chi connectivity index (χ2n) is 5.19. The summed E-state index contributed by atoms with van der Waals surface area (Å²) in [5.74, 6) is 0.953. The van der Waals surface area contributed by atoms with E-state index in [1.54, 1.807) is 10.4 Å². The fourth-order valence-electron chi connectivity index (χ4n) is 2.87. The Morgan fingerprint density at radius 1 is 1.33 bits per heavy atom. The monoisotopic (exact) mass is 283 g/mol. The van der Waals surface area contributed by atoms with Crippen LogP contribution in [0.15, 0.2) is 23.1 Å². The number of hydrogen-bond acceptors (Lipinski definition) is 3. The summed E-state index contributed by atoms with van der Waals surface area (Å²) >= 11 is 1.91. The van der Waals surface area contributed by atoms with Crippen LogP contribution in [0.3, 0.4) is 0 Å². The number of thioether (sulfide) groups is 1. The van der Waals surface area contributed by atoms with Crippen molar-refractivity contribution in [2.24, 2.45) is 0 Å². The van der Waals surface area contributed by atoms with Gasteiger partial charge in [-0.3, -0.25) is 0 Å². The summed E-state index contributed by atoms with van der Waals surface area (Å²) in [6, 6.07) is 5.78. The minimum Gasteiger partial charge on any atom is -0.207 e. The fourth-order valence-corrected chi connectivity index (χ4v) is 6.38. The van der Waals surface area contributed by atoms with E-state index in [-0.39, 0.29) is 6.04 Å². The zero-order chi connectivity index (χ0) is 12.9. The molecular formula is C13H17NO2S2. The van der Waals surface area contributed by atoms with Crippen LogP contribution in [0.1, 0.15) is 17.5 Å². The SMILES string of the molecule is Cc1ccc(S(=O)(=O)N2CC3CC2CS3)c(C)c1. The van der Waals surface area contributed by atoms with Crippen molar-refractivity contribution in [3.05, 3.63) is 29.3 Å². The maximum absolute atomic E-state index is 12.7. The van der Waals surface area contributed by atoms with E-state index in [0.717, 1.165) is 23.3 Å². The number of sulfonamides is 1. The molecule has 2 heterocycles. The van der Waals surface area contributed by atoms with Gasteiger partial charge in [-0.1, -0.05) is 17.7 Å². The number of hydrogen-bond donors (Lipinski definition) is 0. The van der Waals surface area contributed by atoms with Crippen LogP contribution in [0.5, 0.6) is 0 Å². The third-order valence-corrected chi connectivity index (χ3v) is 7.24. The van der Waals surface area contributed by atoms with Gasteiger partial charge < -0.3 is 0 Å². The highest BCUT2D eigenvalue weighted by Gasteiger charge is 2.45. The molecule has 3 nitrogen and oxygen atoms in total. The van der Waals surface area contributed by atoms with Crippen molar-refractivity contribution >= 4 is 21.8 Å². The lowest BCUT2D eigenvalue weighted by molar-refractivity contribution is 0.409. The molecule has 0 saturated carbocycles. The van der Waals surface area contributed by atoms with Crippen LogP contribution in [0.4, 0.5) is 0 Å². The van der Waals surface area contributed by atoms with Crippen LogP contribution in [0.2, 0.25) is 0 Å². The largest absolute Gasteiger partial charge is 0.243 e. The highest BCUT2D eigenvalue weighted by atomic mass is 32.2. The predicted octanol–water partition coefficient (Wildman–Crippen LogP) is 2.18. The van der Waals surface area contributed by atoms with Gasteiger partial charge in [0.15, 0.2) is 0 Å². The van der Waals surface area contributed by atoms with Gasteiger partial charge in [0.05, 0.1) is 4.90 Å². The van der Waals surface area contributed by atoms with Gasteiger partial charge in [-0.25, -0.2) is 8.42 Å². The topological polar surface area (TPSA) is 37.4 Å². The maximum atomic E-state index is 12.7. The van der Waals surface area contributed by atoms with E-state index < -0.39 is 10.0 Å². The molecule has 0 amide bonds. The van der Waals surface area contributed by atoms with Crippen LogP contribution in [0.25, 0.3) is 0 Å². The quantitative estimate of drug-likeness (QED) is 0.835. The first-order valence-corrected chi connectivity index (χ1v) is 8.68. The highest BCUT2D eigenvalue weighted by Crippen LogP contribution is 2.40. The second-order valence-corrected chi connectivity index (χ2v) is 8.38. The molecule has 0 radical (unpaired) electrons. The van der Waals surface area contributed by atoms with Gasteiger partial charge in [-0.15, -0.1) is 0 Å². The summed E-state index contributed by atoms with van der Waals surface area (Å²) in [5, 5.41) is 0.510. The minimum atomic E-state index is -3.30. The van der Waals surface area contributed by atoms with Crippen molar-refractivity contribution in [3.63, 3.8) is 0 Å². The molecular weight excluding hydrogens is 266 g/mol. The first kappa shape index (κ1) is 12.5. The Balaban J connectivity index is 2.00. The number of aryl methyl sites for hydroxylation is 2. The first-order chi connectivity index (χ1) is 8.48. The molecule has 1 aromatic rings. The van der Waals surface area contributed by atoms with Gasteiger partial charge in [-0.05, 0) is 31.9 Å². The normalized spacial score (nSPS) is 27.9. The van der Waals surface area contributed by atoms with Crippen LogP contribution in [-0.2, 0) is 10.0 Å². The van der Waals surface area contributed by atoms with E-state index in [0.29, 0.717) is 16.7 Å². The van der Waals surface area contributed by atoms with E-state index >= 15 is 0 Å². The second kappa shape index (κ2) is 4.25. The zero-order valence-electron chi connectivity index (χ0n) is 10.6. The van der Waals surface area contributed by atoms with E-state index in [2.05, 4.69) is 0 Å². The van der Waals surface area contributed by atoms with Crippen molar-refractivity contribution in [3.8, 4) is 0 Å². The van der Waals surface area contributed by atoms with Gasteiger partial charge in [0.1, 0.15) is 0 Å². The van der Waals surface area contributed by atoms with E-state index in [1.807, 2.05) is 37.7 Å². The van der Waals surface area contributed by atoms with E-state index in [1.165, 1.54) is 0 Å². The predicted molar refractivity (Wildman–Crippen MR) is 74.5 cm³/mol. The fraction of sp³-hybridized carbons (Fsp3) is 0.538. The van der Waals surface area contributed by atoms with Gasteiger partial charge in [0.2, 0.25) is 10.0 Å². The molecule has 2 saturated heterocycles. The van der Waals surface area contributed by atoms with Crippen molar-refractivity contribution < 1.29 is 8.42 Å². The molecule has 2 fully saturated rings. The van der Waals surface area contributed by atoms with Crippen LogP contribution >= 0.6 is 11.8 Å². The molecule has 5 heteroatoms. The molecule has 18 heavy (non-hydrogen) atoms. The summed E-state index contributed by atoms with van der Waals surface area (Å²) in [5.41, 5.74) is 1.95. The zero-order valence-corrected chi connectivity index (χ0v) is 12.2. The Kier molecular flexibility index (Phi) is 2.95. The molecule has 0 N–H and O–H groups in total.